The number of pyridine rings is 1. The predicted molar refractivity (Wildman–Crippen MR) is 65.2 cm³/mol. The number of nitrogens with two attached hydrogens (primary N) is 1. The molecule has 2 heterocycles. The van der Waals surface area contributed by atoms with E-state index in [1.165, 1.54) is 0 Å². The van der Waals surface area contributed by atoms with Crippen LogP contribution in [0.15, 0.2) is 18.5 Å². The molecule has 0 amide bonds. The molecular formula is C12H18N4. The number of rotatable bonds is 4. The fourth-order valence-electron chi connectivity index (χ4n) is 1.95. The fraction of sp³-hybridized carbons (Fsp3) is 0.500. The first-order valence-electron chi connectivity index (χ1n) is 5.77. The average molecular weight is 218 g/mol. The summed E-state index contributed by atoms with van der Waals surface area (Å²) in [5.74, 6) is 1.07. The molecule has 2 aromatic heterocycles. The van der Waals surface area contributed by atoms with Gasteiger partial charge in [0.2, 0.25) is 0 Å². The molecule has 0 saturated carbocycles. The Labute approximate surface area is 95.5 Å². The summed E-state index contributed by atoms with van der Waals surface area (Å²) in [5, 5.41) is 0. The Morgan fingerprint density at radius 1 is 1.50 bits per heavy atom. The van der Waals surface area contributed by atoms with Crippen LogP contribution in [0.5, 0.6) is 0 Å². The standard InChI is InChI=1S/C12H18N4/c1-3-6-16-11-4-5-14-8-10(11)15-12(16)7-9(2)13/h4-5,8-9H,3,6-7,13H2,1-2H3. The molecule has 0 saturated heterocycles. The van der Waals surface area contributed by atoms with Gasteiger partial charge in [0, 0.05) is 25.2 Å². The van der Waals surface area contributed by atoms with Gasteiger partial charge in [-0.3, -0.25) is 4.98 Å². The smallest absolute Gasteiger partial charge is 0.111 e. The third-order valence-corrected chi connectivity index (χ3v) is 2.58. The molecule has 4 nitrogen and oxygen atoms in total. The van der Waals surface area contributed by atoms with Crippen molar-refractivity contribution in [2.24, 2.45) is 5.73 Å². The molecule has 2 aromatic rings. The number of fused-ring (bicyclic) bond motifs is 1. The minimum Gasteiger partial charge on any atom is -0.328 e. The molecule has 0 aliphatic carbocycles. The third kappa shape index (κ3) is 2.07. The lowest BCUT2D eigenvalue weighted by atomic mass is 10.2. The van der Waals surface area contributed by atoms with Gasteiger partial charge in [0.1, 0.15) is 11.3 Å². The maximum atomic E-state index is 5.84. The van der Waals surface area contributed by atoms with Crippen molar-refractivity contribution in [1.82, 2.24) is 14.5 Å². The summed E-state index contributed by atoms with van der Waals surface area (Å²) in [5.41, 5.74) is 7.97. The van der Waals surface area contributed by atoms with Gasteiger partial charge in [-0.15, -0.1) is 0 Å². The van der Waals surface area contributed by atoms with Crippen LogP contribution in [0.1, 0.15) is 26.1 Å². The van der Waals surface area contributed by atoms with E-state index in [0.29, 0.717) is 0 Å². The molecule has 1 unspecified atom stereocenters. The minimum absolute atomic E-state index is 0.139. The first-order chi connectivity index (χ1) is 7.72. The molecule has 0 spiro atoms. The molecule has 0 aliphatic heterocycles. The van der Waals surface area contributed by atoms with Crippen molar-refractivity contribution in [3.05, 3.63) is 24.3 Å². The monoisotopic (exact) mass is 218 g/mol. The molecule has 1 atom stereocenters. The number of hydrogen-bond acceptors (Lipinski definition) is 3. The molecule has 0 bridgehead atoms. The van der Waals surface area contributed by atoms with E-state index in [1.54, 1.807) is 0 Å². The number of aryl methyl sites for hydroxylation is 1. The van der Waals surface area contributed by atoms with E-state index < -0.39 is 0 Å². The van der Waals surface area contributed by atoms with Crippen LogP contribution in [0.3, 0.4) is 0 Å². The van der Waals surface area contributed by atoms with E-state index in [1.807, 2.05) is 25.4 Å². The number of imidazole rings is 1. The summed E-state index contributed by atoms with van der Waals surface area (Å²) in [4.78, 5) is 8.69. The van der Waals surface area contributed by atoms with Crippen LogP contribution in [-0.4, -0.2) is 20.6 Å². The molecule has 2 N–H and O–H groups in total. The maximum Gasteiger partial charge on any atom is 0.111 e. The van der Waals surface area contributed by atoms with E-state index >= 15 is 0 Å². The lowest BCUT2D eigenvalue weighted by Crippen LogP contribution is -2.20. The highest BCUT2D eigenvalue weighted by Gasteiger charge is 2.11. The number of aromatic nitrogens is 3. The summed E-state index contributed by atoms with van der Waals surface area (Å²) in [6, 6.07) is 2.16. The summed E-state index contributed by atoms with van der Waals surface area (Å²) in [6.45, 7) is 5.17. The van der Waals surface area contributed by atoms with E-state index in [9.17, 15) is 0 Å². The number of nitrogens with zero attached hydrogens (tertiary/aromatic N) is 3. The van der Waals surface area contributed by atoms with Crippen molar-refractivity contribution in [2.45, 2.75) is 39.3 Å². The van der Waals surface area contributed by atoms with Crippen LogP contribution in [-0.2, 0) is 13.0 Å². The second kappa shape index (κ2) is 4.61. The van der Waals surface area contributed by atoms with Crippen molar-refractivity contribution in [1.29, 1.82) is 0 Å². The molecule has 86 valence electrons. The summed E-state index contributed by atoms with van der Waals surface area (Å²) in [7, 11) is 0. The Kier molecular flexibility index (Phi) is 3.19. The quantitative estimate of drug-likeness (QED) is 0.850. The van der Waals surface area contributed by atoms with Crippen LogP contribution in [0.25, 0.3) is 11.0 Å². The van der Waals surface area contributed by atoms with E-state index in [0.717, 1.165) is 36.2 Å². The largest absolute Gasteiger partial charge is 0.328 e. The first-order valence-corrected chi connectivity index (χ1v) is 5.77. The van der Waals surface area contributed by atoms with Gasteiger partial charge in [0.25, 0.3) is 0 Å². The summed E-state index contributed by atoms with van der Waals surface area (Å²) < 4.78 is 2.25. The van der Waals surface area contributed by atoms with Gasteiger partial charge in [-0.1, -0.05) is 6.92 Å². The Morgan fingerprint density at radius 2 is 2.31 bits per heavy atom. The molecule has 4 heteroatoms. The van der Waals surface area contributed by atoms with E-state index in [2.05, 4.69) is 21.5 Å². The molecule has 0 aromatic carbocycles. The van der Waals surface area contributed by atoms with E-state index in [-0.39, 0.29) is 6.04 Å². The number of hydrogen-bond donors (Lipinski definition) is 1. The highest BCUT2D eigenvalue weighted by molar-refractivity contribution is 5.74. The highest BCUT2D eigenvalue weighted by atomic mass is 15.1. The minimum atomic E-state index is 0.139. The van der Waals surface area contributed by atoms with Gasteiger partial charge in [0.05, 0.1) is 11.7 Å². The zero-order valence-electron chi connectivity index (χ0n) is 9.85. The average Bonchev–Trinajstić information content (AvgIpc) is 2.57. The molecule has 16 heavy (non-hydrogen) atoms. The second-order valence-electron chi connectivity index (χ2n) is 4.23. The van der Waals surface area contributed by atoms with Crippen LogP contribution in [0.4, 0.5) is 0 Å². The fourth-order valence-corrected chi connectivity index (χ4v) is 1.95. The van der Waals surface area contributed by atoms with Gasteiger partial charge in [-0.2, -0.15) is 0 Å². The molecule has 0 fully saturated rings. The highest BCUT2D eigenvalue weighted by Crippen LogP contribution is 2.16. The molecule has 2 rings (SSSR count). The maximum absolute atomic E-state index is 5.84. The second-order valence-corrected chi connectivity index (χ2v) is 4.23. The van der Waals surface area contributed by atoms with Crippen LogP contribution in [0.2, 0.25) is 0 Å². The zero-order valence-corrected chi connectivity index (χ0v) is 9.85. The van der Waals surface area contributed by atoms with Crippen molar-refractivity contribution < 1.29 is 0 Å². The SMILES string of the molecule is CCCn1c(CC(C)N)nc2cnccc21. The van der Waals surface area contributed by atoms with Crippen molar-refractivity contribution in [3.8, 4) is 0 Å². The predicted octanol–water partition coefficient (Wildman–Crippen LogP) is 1.73. The Hall–Kier alpha value is -1.42. The Balaban J connectivity index is 2.49. The van der Waals surface area contributed by atoms with Gasteiger partial charge in [0.15, 0.2) is 0 Å². The Bertz CT molecular complexity index is 473. The van der Waals surface area contributed by atoms with Crippen molar-refractivity contribution in [3.63, 3.8) is 0 Å². The Morgan fingerprint density at radius 3 is 3.00 bits per heavy atom. The summed E-state index contributed by atoms with van der Waals surface area (Å²) >= 11 is 0. The van der Waals surface area contributed by atoms with Crippen LogP contribution >= 0.6 is 0 Å². The lowest BCUT2D eigenvalue weighted by molar-refractivity contribution is 0.616. The summed E-state index contributed by atoms with van der Waals surface area (Å²) in [6.07, 6.45) is 5.53. The first kappa shape index (κ1) is 11.1. The van der Waals surface area contributed by atoms with Crippen molar-refractivity contribution in [2.75, 3.05) is 0 Å². The van der Waals surface area contributed by atoms with Crippen molar-refractivity contribution >= 4 is 11.0 Å². The van der Waals surface area contributed by atoms with E-state index in [4.69, 9.17) is 5.73 Å². The van der Waals surface area contributed by atoms with Crippen LogP contribution < -0.4 is 5.73 Å². The molecule has 0 radical (unpaired) electrons. The zero-order chi connectivity index (χ0) is 11.5. The van der Waals surface area contributed by atoms with Gasteiger partial charge in [-0.25, -0.2) is 4.98 Å². The normalized spacial score (nSPS) is 13.2. The third-order valence-electron chi connectivity index (χ3n) is 2.58. The van der Waals surface area contributed by atoms with Gasteiger partial charge in [-0.05, 0) is 19.4 Å². The van der Waals surface area contributed by atoms with Gasteiger partial charge >= 0.3 is 0 Å². The molecule has 0 aliphatic rings. The topological polar surface area (TPSA) is 56.7 Å². The van der Waals surface area contributed by atoms with Gasteiger partial charge < -0.3 is 10.3 Å². The lowest BCUT2D eigenvalue weighted by Gasteiger charge is -2.09. The molecular weight excluding hydrogens is 200 g/mol. The van der Waals surface area contributed by atoms with Crippen LogP contribution in [0, 0.1) is 0 Å².